The van der Waals surface area contributed by atoms with Gasteiger partial charge in [-0.3, -0.25) is 4.90 Å². The molecule has 0 atom stereocenters. The highest BCUT2D eigenvalue weighted by Crippen LogP contribution is 2.26. The minimum Gasteiger partial charge on any atom is -0.493 e. The molecule has 2 fully saturated rings. The van der Waals surface area contributed by atoms with Crippen LogP contribution in [0, 0.1) is 6.92 Å². The van der Waals surface area contributed by atoms with Crippen molar-refractivity contribution in [2.24, 2.45) is 0 Å². The van der Waals surface area contributed by atoms with Crippen LogP contribution in [0.4, 0.5) is 11.8 Å². The van der Waals surface area contributed by atoms with Gasteiger partial charge in [-0.15, -0.1) is 0 Å². The molecule has 0 bridgehead atoms. The van der Waals surface area contributed by atoms with Crippen molar-refractivity contribution >= 4 is 11.8 Å². The molecule has 29 heavy (non-hydrogen) atoms. The van der Waals surface area contributed by atoms with Crippen LogP contribution in [0.1, 0.15) is 29.7 Å². The maximum atomic E-state index is 5.62. The molecule has 3 aliphatic rings. The molecule has 0 aliphatic carbocycles. The zero-order chi connectivity index (χ0) is 19.6. The number of aromatic nitrogens is 2. The van der Waals surface area contributed by atoms with Gasteiger partial charge < -0.3 is 14.5 Å². The van der Waals surface area contributed by atoms with Gasteiger partial charge in [0.2, 0.25) is 5.95 Å². The van der Waals surface area contributed by atoms with E-state index in [-0.39, 0.29) is 0 Å². The number of fused-ring (bicyclic) bond motifs is 1. The Bertz CT molecular complexity index is 856. The van der Waals surface area contributed by atoms with Crippen LogP contribution < -0.4 is 14.5 Å². The highest BCUT2D eigenvalue weighted by Gasteiger charge is 2.21. The summed E-state index contributed by atoms with van der Waals surface area (Å²) < 4.78 is 5.62. The minimum atomic E-state index is 0.836. The van der Waals surface area contributed by atoms with E-state index in [1.807, 2.05) is 0 Å². The predicted molar refractivity (Wildman–Crippen MR) is 116 cm³/mol. The van der Waals surface area contributed by atoms with E-state index >= 15 is 0 Å². The third kappa shape index (κ3) is 4.17. The fourth-order valence-electron chi connectivity index (χ4n) is 4.64. The second kappa shape index (κ2) is 8.19. The zero-order valence-corrected chi connectivity index (χ0v) is 17.4. The lowest BCUT2D eigenvalue weighted by molar-refractivity contribution is 0.260. The van der Waals surface area contributed by atoms with Crippen LogP contribution in [0.2, 0.25) is 0 Å². The van der Waals surface area contributed by atoms with Gasteiger partial charge >= 0.3 is 0 Å². The number of anilines is 2. The highest BCUT2D eigenvalue weighted by atomic mass is 16.5. The second-order valence-electron chi connectivity index (χ2n) is 8.48. The number of nitrogens with zero attached hydrogens (tertiary/aromatic N) is 5. The number of piperazine rings is 1. The summed E-state index contributed by atoms with van der Waals surface area (Å²) in [4.78, 5) is 16.9. The molecule has 0 unspecified atom stereocenters. The van der Waals surface area contributed by atoms with E-state index in [0.717, 1.165) is 88.5 Å². The second-order valence-corrected chi connectivity index (χ2v) is 8.48. The lowest BCUT2D eigenvalue weighted by Gasteiger charge is -2.35. The number of aryl methyl sites for hydroxylation is 1. The normalized spacial score (nSPS) is 19.5. The van der Waals surface area contributed by atoms with Gasteiger partial charge in [0.1, 0.15) is 11.6 Å². The molecule has 2 aromatic rings. The van der Waals surface area contributed by atoms with Crippen molar-refractivity contribution in [2.75, 3.05) is 62.2 Å². The van der Waals surface area contributed by atoms with Crippen molar-refractivity contribution in [1.29, 1.82) is 0 Å². The predicted octanol–water partition coefficient (Wildman–Crippen LogP) is 2.68. The van der Waals surface area contributed by atoms with Crippen molar-refractivity contribution in [2.45, 2.75) is 32.6 Å². The van der Waals surface area contributed by atoms with Crippen LogP contribution in [0.25, 0.3) is 0 Å². The Morgan fingerprint density at radius 3 is 2.59 bits per heavy atom. The van der Waals surface area contributed by atoms with Crippen molar-refractivity contribution in [3.05, 3.63) is 41.1 Å². The molecular formula is C23H31N5O. The first-order valence-corrected chi connectivity index (χ1v) is 11.1. The van der Waals surface area contributed by atoms with Crippen LogP contribution in [0.3, 0.4) is 0 Å². The molecule has 0 N–H and O–H groups in total. The quantitative estimate of drug-likeness (QED) is 0.778. The van der Waals surface area contributed by atoms with Gasteiger partial charge in [0, 0.05) is 64.0 Å². The molecule has 0 saturated carbocycles. The van der Waals surface area contributed by atoms with E-state index < -0.39 is 0 Å². The lowest BCUT2D eigenvalue weighted by Crippen LogP contribution is -2.47. The summed E-state index contributed by atoms with van der Waals surface area (Å²) in [6.45, 7) is 10.5. The van der Waals surface area contributed by atoms with E-state index in [9.17, 15) is 0 Å². The van der Waals surface area contributed by atoms with Crippen LogP contribution >= 0.6 is 0 Å². The Hall–Kier alpha value is -2.34. The molecule has 6 nitrogen and oxygen atoms in total. The Morgan fingerprint density at radius 2 is 1.76 bits per heavy atom. The summed E-state index contributed by atoms with van der Waals surface area (Å²) in [6, 6.07) is 8.85. The van der Waals surface area contributed by atoms with Crippen molar-refractivity contribution < 1.29 is 4.74 Å². The summed E-state index contributed by atoms with van der Waals surface area (Å²) in [5.74, 6) is 3.09. The Labute approximate surface area is 173 Å². The lowest BCUT2D eigenvalue weighted by atomic mass is 10.1. The van der Waals surface area contributed by atoms with Gasteiger partial charge in [0.25, 0.3) is 0 Å². The van der Waals surface area contributed by atoms with Gasteiger partial charge in [-0.1, -0.05) is 12.1 Å². The third-order valence-corrected chi connectivity index (χ3v) is 6.38. The largest absolute Gasteiger partial charge is 0.493 e. The number of hydrogen-bond donors (Lipinski definition) is 0. The van der Waals surface area contributed by atoms with Gasteiger partial charge in [-0.25, -0.2) is 4.98 Å². The molecule has 1 aromatic heterocycles. The molecule has 5 rings (SSSR count). The maximum absolute atomic E-state index is 5.62. The summed E-state index contributed by atoms with van der Waals surface area (Å²) >= 11 is 0. The standard InChI is InChI=1S/C23H31N5O/c1-18-16-22(25-23(24-18)28-8-2-3-9-28)27-13-11-26(12-14-27)10-6-19-4-5-21-20(17-19)7-15-29-21/h4-5,16-17H,2-3,6-15H2,1H3. The molecule has 1 aromatic carbocycles. The van der Waals surface area contributed by atoms with E-state index in [0.29, 0.717) is 0 Å². The summed E-state index contributed by atoms with van der Waals surface area (Å²) in [5, 5.41) is 0. The molecular weight excluding hydrogens is 362 g/mol. The first kappa shape index (κ1) is 18.7. The molecule has 6 heteroatoms. The first-order chi connectivity index (χ1) is 14.2. The van der Waals surface area contributed by atoms with Gasteiger partial charge in [0.15, 0.2) is 0 Å². The summed E-state index contributed by atoms with van der Waals surface area (Å²) in [5.41, 5.74) is 3.87. The Morgan fingerprint density at radius 1 is 0.931 bits per heavy atom. The number of rotatable bonds is 5. The fraction of sp³-hybridized carbons (Fsp3) is 0.565. The molecule has 4 heterocycles. The van der Waals surface area contributed by atoms with Crippen LogP contribution in [0.5, 0.6) is 5.75 Å². The monoisotopic (exact) mass is 393 g/mol. The highest BCUT2D eigenvalue weighted by molar-refractivity contribution is 5.46. The molecule has 0 radical (unpaired) electrons. The smallest absolute Gasteiger partial charge is 0.227 e. The van der Waals surface area contributed by atoms with Crippen molar-refractivity contribution in [3.63, 3.8) is 0 Å². The summed E-state index contributed by atoms with van der Waals surface area (Å²) in [6.07, 6.45) is 4.67. The maximum Gasteiger partial charge on any atom is 0.227 e. The minimum absolute atomic E-state index is 0.836. The van der Waals surface area contributed by atoms with Gasteiger partial charge in [-0.05, 0) is 43.4 Å². The Kier molecular flexibility index (Phi) is 5.27. The fourth-order valence-corrected chi connectivity index (χ4v) is 4.64. The topological polar surface area (TPSA) is 44.7 Å². The average Bonchev–Trinajstić information content (AvgIpc) is 3.44. The average molecular weight is 394 g/mol. The SMILES string of the molecule is Cc1cc(N2CCN(CCc3ccc4c(c3)CCO4)CC2)nc(N2CCCC2)n1. The Balaban J connectivity index is 1.16. The van der Waals surface area contributed by atoms with Crippen molar-refractivity contribution in [1.82, 2.24) is 14.9 Å². The van der Waals surface area contributed by atoms with E-state index in [1.165, 1.54) is 24.0 Å². The molecule has 0 spiro atoms. The van der Waals surface area contributed by atoms with E-state index in [2.05, 4.69) is 50.9 Å². The van der Waals surface area contributed by atoms with E-state index in [4.69, 9.17) is 9.72 Å². The van der Waals surface area contributed by atoms with Crippen LogP contribution in [-0.4, -0.2) is 67.3 Å². The molecule has 3 aliphatic heterocycles. The van der Waals surface area contributed by atoms with Crippen molar-refractivity contribution in [3.8, 4) is 5.75 Å². The molecule has 0 amide bonds. The summed E-state index contributed by atoms with van der Waals surface area (Å²) in [7, 11) is 0. The number of benzene rings is 1. The zero-order valence-electron chi connectivity index (χ0n) is 17.4. The third-order valence-electron chi connectivity index (χ3n) is 6.38. The number of hydrogen-bond acceptors (Lipinski definition) is 6. The molecule has 2 saturated heterocycles. The first-order valence-electron chi connectivity index (χ1n) is 11.1. The van der Waals surface area contributed by atoms with Gasteiger partial charge in [-0.2, -0.15) is 4.98 Å². The van der Waals surface area contributed by atoms with E-state index in [1.54, 1.807) is 0 Å². The molecule has 154 valence electrons. The number of ether oxygens (including phenoxy) is 1. The van der Waals surface area contributed by atoms with Gasteiger partial charge in [0.05, 0.1) is 6.61 Å². The van der Waals surface area contributed by atoms with Crippen LogP contribution in [-0.2, 0) is 12.8 Å². The van der Waals surface area contributed by atoms with Crippen LogP contribution in [0.15, 0.2) is 24.3 Å².